The van der Waals surface area contributed by atoms with Gasteiger partial charge in [0.05, 0.1) is 26.4 Å². The lowest BCUT2D eigenvalue weighted by Gasteiger charge is -2.09. The van der Waals surface area contributed by atoms with Crippen LogP contribution in [0.3, 0.4) is 0 Å². The second-order valence-corrected chi connectivity index (χ2v) is 6.27. The molecule has 2 aromatic rings. The summed E-state index contributed by atoms with van der Waals surface area (Å²) < 4.78 is 12.5. The predicted molar refractivity (Wildman–Crippen MR) is 83.5 cm³/mol. The fourth-order valence-corrected chi connectivity index (χ4v) is 3.48. The third kappa shape index (κ3) is 3.28. The van der Waals surface area contributed by atoms with Gasteiger partial charge in [-0.1, -0.05) is 18.2 Å². The molecule has 5 nitrogen and oxygen atoms in total. The number of nitrogen functional groups attached to an aromatic ring is 1. The second kappa shape index (κ2) is 6.05. The summed E-state index contributed by atoms with van der Waals surface area (Å²) in [5.74, 6) is 0.209. The number of aryl methyl sites for hydroxylation is 1. The van der Waals surface area contributed by atoms with Crippen LogP contribution < -0.4 is 5.73 Å². The number of nitro benzene ring substituents is 1. The zero-order valence-electron chi connectivity index (χ0n) is 11.8. The average molecular weight is 304 g/mol. The highest BCUT2D eigenvalue weighted by Crippen LogP contribution is 2.25. The molecule has 6 heteroatoms. The van der Waals surface area contributed by atoms with E-state index in [9.17, 15) is 14.3 Å². The van der Waals surface area contributed by atoms with Gasteiger partial charge in [-0.25, -0.2) is 0 Å². The molecule has 0 fully saturated rings. The molecule has 2 rings (SSSR count). The number of rotatable bonds is 4. The van der Waals surface area contributed by atoms with Crippen molar-refractivity contribution in [1.29, 1.82) is 0 Å². The Labute approximate surface area is 125 Å². The van der Waals surface area contributed by atoms with Crippen LogP contribution in [0.2, 0.25) is 0 Å². The van der Waals surface area contributed by atoms with Crippen molar-refractivity contribution < 1.29 is 9.13 Å². The molecule has 0 radical (unpaired) electrons. The number of hydrogen-bond donors (Lipinski definition) is 1. The standard InChI is InChI=1S/C15H16N2O3S/c1-10-6-7-13(16)15(8-10)21(20)9-12-4-3-5-14(11(12)2)17(18)19/h3-8H,9,16H2,1-2H3. The fourth-order valence-electron chi connectivity index (χ4n) is 2.08. The van der Waals surface area contributed by atoms with E-state index in [0.29, 0.717) is 21.7 Å². The van der Waals surface area contributed by atoms with Gasteiger partial charge in [0.25, 0.3) is 5.69 Å². The summed E-state index contributed by atoms with van der Waals surface area (Å²) in [6.07, 6.45) is 0. The first-order valence-electron chi connectivity index (χ1n) is 6.37. The van der Waals surface area contributed by atoms with E-state index in [1.807, 2.05) is 13.0 Å². The van der Waals surface area contributed by atoms with Crippen molar-refractivity contribution in [2.24, 2.45) is 0 Å². The zero-order valence-corrected chi connectivity index (χ0v) is 12.6. The van der Waals surface area contributed by atoms with Gasteiger partial charge in [-0.3, -0.25) is 14.3 Å². The molecule has 0 heterocycles. The van der Waals surface area contributed by atoms with Gasteiger partial charge in [0.2, 0.25) is 0 Å². The minimum Gasteiger partial charge on any atom is -0.398 e. The van der Waals surface area contributed by atoms with E-state index in [0.717, 1.165) is 5.56 Å². The Kier molecular flexibility index (Phi) is 4.37. The number of hydrogen-bond acceptors (Lipinski definition) is 4. The summed E-state index contributed by atoms with van der Waals surface area (Å²) >= 11 is 0. The first-order chi connectivity index (χ1) is 9.90. The summed E-state index contributed by atoms with van der Waals surface area (Å²) in [7, 11) is -1.34. The van der Waals surface area contributed by atoms with Crippen molar-refractivity contribution in [3.05, 3.63) is 63.2 Å². The molecule has 110 valence electrons. The summed E-state index contributed by atoms with van der Waals surface area (Å²) in [5, 5.41) is 10.9. The first kappa shape index (κ1) is 15.2. The minimum atomic E-state index is -1.34. The molecule has 21 heavy (non-hydrogen) atoms. The zero-order chi connectivity index (χ0) is 15.6. The van der Waals surface area contributed by atoms with Gasteiger partial charge in [0.1, 0.15) is 0 Å². The van der Waals surface area contributed by atoms with Gasteiger partial charge >= 0.3 is 0 Å². The van der Waals surface area contributed by atoms with Crippen LogP contribution in [-0.4, -0.2) is 9.13 Å². The van der Waals surface area contributed by atoms with Crippen molar-refractivity contribution in [2.45, 2.75) is 24.5 Å². The normalized spacial score (nSPS) is 12.1. The van der Waals surface area contributed by atoms with Crippen molar-refractivity contribution in [1.82, 2.24) is 0 Å². The molecule has 1 unspecified atom stereocenters. The summed E-state index contributed by atoms with van der Waals surface area (Å²) in [6.45, 7) is 3.57. The largest absolute Gasteiger partial charge is 0.398 e. The molecule has 0 aliphatic rings. The van der Waals surface area contributed by atoms with E-state index in [4.69, 9.17) is 5.73 Å². The molecule has 0 saturated carbocycles. The van der Waals surface area contributed by atoms with Crippen molar-refractivity contribution >= 4 is 22.2 Å². The highest BCUT2D eigenvalue weighted by Gasteiger charge is 2.16. The van der Waals surface area contributed by atoms with Crippen LogP contribution in [0.1, 0.15) is 16.7 Å². The maximum Gasteiger partial charge on any atom is 0.272 e. The Morgan fingerprint density at radius 2 is 1.95 bits per heavy atom. The lowest BCUT2D eigenvalue weighted by molar-refractivity contribution is -0.385. The van der Waals surface area contributed by atoms with Crippen molar-refractivity contribution in [3.8, 4) is 0 Å². The third-order valence-electron chi connectivity index (χ3n) is 3.32. The highest BCUT2D eigenvalue weighted by atomic mass is 32.2. The van der Waals surface area contributed by atoms with Crippen LogP contribution >= 0.6 is 0 Å². The molecule has 2 N–H and O–H groups in total. The second-order valence-electron chi connectivity index (χ2n) is 4.85. The molecule has 2 aromatic carbocycles. The van der Waals surface area contributed by atoms with Crippen LogP contribution in [0.4, 0.5) is 11.4 Å². The molecule has 0 spiro atoms. The van der Waals surface area contributed by atoms with Crippen LogP contribution in [0.5, 0.6) is 0 Å². The quantitative estimate of drug-likeness (QED) is 0.534. The van der Waals surface area contributed by atoms with Gasteiger partial charge in [0.15, 0.2) is 0 Å². The van der Waals surface area contributed by atoms with Gasteiger partial charge in [-0.15, -0.1) is 0 Å². The molecular formula is C15H16N2O3S. The lowest BCUT2D eigenvalue weighted by Crippen LogP contribution is -2.04. The third-order valence-corrected chi connectivity index (χ3v) is 4.73. The Balaban J connectivity index is 2.34. The Hall–Kier alpha value is -2.21. The predicted octanol–water partition coefficient (Wildman–Crippen LogP) is 3.10. The summed E-state index contributed by atoms with van der Waals surface area (Å²) in [6, 6.07) is 10.2. The molecule has 1 atom stereocenters. The van der Waals surface area contributed by atoms with Crippen molar-refractivity contribution in [3.63, 3.8) is 0 Å². The molecule has 0 saturated heterocycles. The van der Waals surface area contributed by atoms with Crippen LogP contribution in [0.15, 0.2) is 41.3 Å². The Morgan fingerprint density at radius 1 is 1.24 bits per heavy atom. The number of benzene rings is 2. The molecule has 0 aromatic heterocycles. The maximum absolute atomic E-state index is 12.5. The van der Waals surface area contributed by atoms with E-state index in [-0.39, 0.29) is 11.4 Å². The minimum absolute atomic E-state index is 0.0433. The van der Waals surface area contributed by atoms with Crippen molar-refractivity contribution in [2.75, 3.05) is 5.73 Å². The lowest BCUT2D eigenvalue weighted by atomic mass is 10.1. The highest BCUT2D eigenvalue weighted by molar-refractivity contribution is 7.84. The van der Waals surface area contributed by atoms with E-state index >= 15 is 0 Å². The van der Waals surface area contributed by atoms with Gasteiger partial charge in [0, 0.05) is 17.3 Å². The molecule has 0 bridgehead atoms. The van der Waals surface area contributed by atoms with Gasteiger partial charge in [-0.05, 0) is 37.1 Å². The van der Waals surface area contributed by atoms with Gasteiger partial charge < -0.3 is 5.73 Å². The van der Waals surface area contributed by atoms with E-state index in [1.165, 1.54) is 6.07 Å². The van der Waals surface area contributed by atoms with E-state index < -0.39 is 15.7 Å². The van der Waals surface area contributed by atoms with Crippen LogP contribution in [0, 0.1) is 24.0 Å². The number of nitrogens with zero attached hydrogens (tertiary/aromatic N) is 1. The summed E-state index contributed by atoms with van der Waals surface area (Å²) in [4.78, 5) is 11.1. The first-order valence-corrected chi connectivity index (χ1v) is 7.69. The average Bonchev–Trinajstić information content (AvgIpc) is 2.43. The smallest absolute Gasteiger partial charge is 0.272 e. The topological polar surface area (TPSA) is 86.2 Å². The number of nitro groups is 1. The SMILES string of the molecule is Cc1ccc(N)c(S(=O)Cc2cccc([N+](=O)[O-])c2C)c1. The number of anilines is 1. The Morgan fingerprint density at radius 3 is 2.62 bits per heavy atom. The fraction of sp³-hybridized carbons (Fsp3) is 0.200. The van der Waals surface area contributed by atoms with Crippen LogP contribution in [-0.2, 0) is 16.6 Å². The Bertz CT molecular complexity index is 729. The molecule has 0 amide bonds. The molecular weight excluding hydrogens is 288 g/mol. The van der Waals surface area contributed by atoms with Crippen LogP contribution in [0.25, 0.3) is 0 Å². The van der Waals surface area contributed by atoms with Gasteiger partial charge in [-0.2, -0.15) is 0 Å². The van der Waals surface area contributed by atoms with E-state index in [1.54, 1.807) is 31.2 Å². The maximum atomic E-state index is 12.5. The van der Waals surface area contributed by atoms with E-state index in [2.05, 4.69) is 0 Å². The number of nitrogens with two attached hydrogens (primary N) is 1. The molecule has 0 aliphatic carbocycles. The summed E-state index contributed by atoms with van der Waals surface area (Å²) in [5.41, 5.74) is 8.59. The molecule has 0 aliphatic heterocycles. The monoisotopic (exact) mass is 304 g/mol.